The van der Waals surface area contributed by atoms with Crippen LogP contribution in [0.1, 0.15) is 12.8 Å². The molecular weight excluding hydrogens is 266 g/mol. The van der Waals surface area contributed by atoms with Gasteiger partial charge >= 0.3 is 0 Å². The highest BCUT2D eigenvalue weighted by Crippen LogP contribution is 2.40. The Kier molecular flexibility index (Phi) is 4.38. The Bertz CT molecular complexity index is 507. The van der Waals surface area contributed by atoms with E-state index in [1.807, 2.05) is 48.5 Å². The maximum absolute atomic E-state index is 8.83. The number of hydrogen-bond donors (Lipinski definition) is 2. The lowest BCUT2D eigenvalue weighted by molar-refractivity contribution is 0.0140. The van der Waals surface area contributed by atoms with Crippen LogP contribution in [0, 0.1) is 0 Å². The van der Waals surface area contributed by atoms with Gasteiger partial charge in [0.2, 0.25) is 0 Å². The Hall–Kier alpha value is -2.04. The zero-order valence-corrected chi connectivity index (χ0v) is 11.8. The minimum atomic E-state index is -0.0891. The number of nitrogens with one attached hydrogen (secondary N) is 1. The Labute approximate surface area is 124 Å². The SMILES string of the molecule is OC1CCOCC1.c1ccc2c(c1)Nc1ccccc1O2. The summed E-state index contributed by atoms with van der Waals surface area (Å²) in [5.74, 6) is 1.76. The molecule has 1 saturated heterocycles. The Balaban J connectivity index is 0.000000160. The molecule has 0 saturated carbocycles. The molecule has 0 unspecified atom stereocenters. The van der Waals surface area contributed by atoms with Gasteiger partial charge in [0, 0.05) is 13.2 Å². The van der Waals surface area contributed by atoms with Gasteiger partial charge in [-0.25, -0.2) is 0 Å². The largest absolute Gasteiger partial charge is 0.453 e. The third kappa shape index (κ3) is 3.54. The molecule has 2 N–H and O–H groups in total. The number of ether oxygens (including phenoxy) is 2. The third-order valence-electron chi connectivity index (χ3n) is 3.45. The van der Waals surface area contributed by atoms with Crippen LogP contribution in [-0.2, 0) is 4.74 Å². The molecule has 2 aliphatic rings. The minimum Gasteiger partial charge on any atom is -0.453 e. The van der Waals surface area contributed by atoms with Crippen molar-refractivity contribution in [1.29, 1.82) is 0 Å². The van der Waals surface area contributed by atoms with Crippen molar-refractivity contribution in [3.8, 4) is 11.5 Å². The average Bonchev–Trinajstić information content (AvgIpc) is 2.54. The summed E-state index contributed by atoms with van der Waals surface area (Å²) in [4.78, 5) is 0. The number of rotatable bonds is 0. The molecule has 4 nitrogen and oxygen atoms in total. The Morgan fingerprint density at radius 1 is 0.857 bits per heavy atom. The van der Waals surface area contributed by atoms with Crippen LogP contribution >= 0.6 is 0 Å². The van der Waals surface area contributed by atoms with Crippen LogP contribution in [0.15, 0.2) is 48.5 Å². The van der Waals surface area contributed by atoms with E-state index in [0.717, 1.165) is 48.9 Å². The zero-order chi connectivity index (χ0) is 14.5. The maximum atomic E-state index is 8.83. The van der Waals surface area contributed by atoms with Gasteiger partial charge in [0.05, 0.1) is 17.5 Å². The molecule has 0 aromatic heterocycles. The van der Waals surface area contributed by atoms with Crippen LogP contribution in [0.5, 0.6) is 11.5 Å². The number of para-hydroxylation sites is 4. The second-order valence-electron chi connectivity index (χ2n) is 5.06. The van der Waals surface area contributed by atoms with Crippen molar-refractivity contribution in [2.45, 2.75) is 18.9 Å². The fourth-order valence-electron chi connectivity index (χ4n) is 2.27. The molecule has 2 heterocycles. The van der Waals surface area contributed by atoms with Crippen molar-refractivity contribution in [3.63, 3.8) is 0 Å². The first-order chi connectivity index (χ1) is 10.3. The summed E-state index contributed by atoms with van der Waals surface area (Å²) in [7, 11) is 0. The lowest BCUT2D eigenvalue weighted by atomic mass is 10.2. The number of aliphatic hydroxyl groups excluding tert-OH is 1. The van der Waals surface area contributed by atoms with Gasteiger partial charge in [0.1, 0.15) is 0 Å². The van der Waals surface area contributed by atoms with Crippen LogP contribution in [0.25, 0.3) is 0 Å². The summed E-state index contributed by atoms with van der Waals surface area (Å²) in [6.07, 6.45) is 1.55. The van der Waals surface area contributed by atoms with Crippen LogP contribution in [0.4, 0.5) is 11.4 Å². The summed E-state index contributed by atoms with van der Waals surface area (Å²) < 4.78 is 10.7. The minimum absolute atomic E-state index is 0.0891. The first kappa shape index (κ1) is 13.9. The van der Waals surface area contributed by atoms with E-state index >= 15 is 0 Å². The van der Waals surface area contributed by atoms with Crippen molar-refractivity contribution in [3.05, 3.63) is 48.5 Å². The highest BCUT2D eigenvalue weighted by Gasteiger charge is 2.13. The predicted molar refractivity (Wildman–Crippen MR) is 82.3 cm³/mol. The number of benzene rings is 2. The summed E-state index contributed by atoms with van der Waals surface area (Å²) in [6, 6.07) is 15.8. The molecule has 0 spiro atoms. The molecule has 0 atom stereocenters. The third-order valence-corrected chi connectivity index (χ3v) is 3.45. The molecule has 0 aliphatic carbocycles. The van der Waals surface area contributed by atoms with Crippen LogP contribution < -0.4 is 10.1 Å². The molecule has 2 aliphatic heterocycles. The van der Waals surface area contributed by atoms with E-state index in [2.05, 4.69) is 5.32 Å². The normalized spacial score (nSPS) is 16.4. The summed E-state index contributed by atoms with van der Waals surface area (Å²) in [5, 5.41) is 12.1. The molecule has 21 heavy (non-hydrogen) atoms. The second kappa shape index (κ2) is 6.61. The van der Waals surface area contributed by atoms with E-state index in [1.54, 1.807) is 0 Å². The zero-order valence-electron chi connectivity index (χ0n) is 11.8. The van der Waals surface area contributed by atoms with Crippen LogP contribution in [0.3, 0.4) is 0 Å². The molecule has 110 valence electrons. The maximum Gasteiger partial charge on any atom is 0.150 e. The standard InChI is InChI=1S/C12H9NO.C5H10O2/c1-3-7-11-9(5-1)13-10-6-2-4-8-12(10)14-11;6-5-1-3-7-4-2-5/h1-8,13H;5-6H,1-4H2. The van der Waals surface area contributed by atoms with Crippen LogP contribution in [0.2, 0.25) is 0 Å². The van der Waals surface area contributed by atoms with Gasteiger partial charge in [-0.2, -0.15) is 0 Å². The van der Waals surface area contributed by atoms with E-state index in [0.29, 0.717) is 0 Å². The molecule has 0 bridgehead atoms. The molecule has 0 radical (unpaired) electrons. The smallest absolute Gasteiger partial charge is 0.150 e. The van der Waals surface area contributed by atoms with Gasteiger partial charge in [-0.1, -0.05) is 24.3 Å². The van der Waals surface area contributed by atoms with Gasteiger partial charge < -0.3 is 19.9 Å². The van der Waals surface area contributed by atoms with E-state index < -0.39 is 0 Å². The highest BCUT2D eigenvalue weighted by molar-refractivity contribution is 5.75. The lowest BCUT2D eigenvalue weighted by Gasteiger charge is -2.20. The molecular formula is C17H19NO3. The van der Waals surface area contributed by atoms with Gasteiger partial charge in [-0.3, -0.25) is 0 Å². The average molecular weight is 285 g/mol. The van der Waals surface area contributed by atoms with Crippen molar-refractivity contribution in [2.24, 2.45) is 0 Å². The topological polar surface area (TPSA) is 50.7 Å². The fourth-order valence-corrected chi connectivity index (χ4v) is 2.27. The molecule has 1 fully saturated rings. The molecule has 2 aromatic carbocycles. The monoisotopic (exact) mass is 285 g/mol. The van der Waals surface area contributed by atoms with Gasteiger partial charge in [0.25, 0.3) is 0 Å². The van der Waals surface area contributed by atoms with Crippen molar-refractivity contribution >= 4 is 11.4 Å². The van der Waals surface area contributed by atoms with Gasteiger partial charge in [-0.05, 0) is 37.1 Å². The van der Waals surface area contributed by atoms with Crippen LogP contribution in [-0.4, -0.2) is 24.4 Å². The molecule has 0 amide bonds. The summed E-state index contributed by atoms with van der Waals surface area (Å²) >= 11 is 0. The van der Waals surface area contributed by atoms with Crippen molar-refractivity contribution in [1.82, 2.24) is 0 Å². The number of hydrogen-bond acceptors (Lipinski definition) is 4. The molecule has 2 aromatic rings. The summed E-state index contributed by atoms with van der Waals surface area (Å²) in [5.41, 5.74) is 2.04. The van der Waals surface area contributed by atoms with E-state index in [1.165, 1.54) is 0 Å². The predicted octanol–water partition coefficient (Wildman–Crippen LogP) is 3.69. The van der Waals surface area contributed by atoms with E-state index in [4.69, 9.17) is 14.6 Å². The summed E-state index contributed by atoms with van der Waals surface area (Å²) in [6.45, 7) is 1.47. The Morgan fingerprint density at radius 2 is 1.38 bits per heavy atom. The number of anilines is 2. The molecule has 4 heteroatoms. The first-order valence-corrected chi connectivity index (χ1v) is 7.21. The molecule has 4 rings (SSSR count). The lowest BCUT2D eigenvalue weighted by Crippen LogP contribution is -2.19. The second-order valence-corrected chi connectivity index (χ2v) is 5.06. The first-order valence-electron chi connectivity index (χ1n) is 7.21. The fraction of sp³-hybridized carbons (Fsp3) is 0.294. The van der Waals surface area contributed by atoms with E-state index in [9.17, 15) is 0 Å². The van der Waals surface area contributed by atoms with Gasteiger partial charge in [-0.15, -0.1) is 0 Å². The van der Waals surface area contributed by atoms with Gasteiger partial charge in [0.15, 0.2) is 11.5 Å². The highest BCUT2D eigenvalue weighted by atomic mass is 16.5. The number of aliphatic hydroxyl groups is 1. The van der Waals surface area contributed by atoms with Crippen molar-refractivity contribution in [2.75, 3.05) is 18.5 Å². The number of fused-ring (bicyclic) bond motifs is 2. The van der Waals surface area contributed by atoms with Crippen molar-refractivity contribution < 1.29 is 14.6 Å². The Morgan fingerprint density at radius 3 is 1.86 bits per heavy atom. The quantitative estimate of drug-likeness (QED) is 0.661. The van der Waals surface area contributed by atoms with E-state index in [-0.39, 0.29) is 6.10 Å².